The first-order valence-corrected chi connectivity index (χ1v) is 9.55. The van der Waals surface area contributed by atoms with Crippen LogP contribution in [0.5, 0.6) is 5.75 Å². The second kappa shape index (κ2) is 7.92. The number of aromatic nitrogens is 2. The molecule has 142 valence electrons. The van der Waals surface area contributed by atoms with Gasteiger partial charge in [0.1, 0.15) is 10.6 Å². The molecule has 1 atom stereocenters. The minimum absolute atomic E-state index is 0.113. The van der Waals surface area contributed by atoms with Gasteiger partial charge >= 0.3 is 5.97 Å². The van der Waals surface area contributed by atoms with Gasteiger partial charge in [0.05, 0.1) is 18.4 Å². The fourth-order valence-corrected chi connectivity index (χ4v) is 3.70. The number of nitrogens with zero attached hydrogens (tertiary/aromatic N) is 1. The van der Waals surface area contributed by atoms with Crippen LogP contribution in [-0.2, 0) is 9.53 Å². The summed E-state index contributed by atoms with van der Waals surface area (Å²) in [6.07, 6.45) is -0.529. The first-order valence-electron chi connectivity index (χ1n) is 8.74. The smallest absolute Gasteiger partial charge is 0.309 e. The monoisotopic (exact) mass is 386 g/mol. The number of rotatable bonds is 6. The highest BCUT2D eigenvalue weighted by atomic mass is 32.1. The average molecular weight is 386 g/mol. The summed E-state index contributed by atoms with van der Waals surface area (Å²) in [5.74, 6) is 0.652. The molecule has 0 unspecified atom stereocenters. The van der Waals surface area contributed by atoms with Gasteiger partial charge in [0.2, 0.25) is 0 Å². The Kier molecular flexibility index (Phi) is 5.60. The molecular formula is C20H22N2O4S. The van der Waals surface area contributed by atoms with Crippen molar-refractivity contribution in [2.45, 2.75) is 40.2 Å². The topological polar surface area (TPSA) is 81.3 Å². The van der Waals surface area contributed by atoms with Crippen LogP contribution in [0.4, 0.5) is 0 Å². The van der Waals surface area contributed by atoms with Gasteiger partial charge in [0, 0.05) is 4.88 Å². The maximum atomic E-state index is 12.3. The van der Waals surface area contributed by atoms with Crippen LogP contribution < -0.4 is 10.3 Å². The molecule has 2 heterocycles. The van der Waals surface area contributed by atoms with E-state index in [1.807, 2.05) is 45.0 Å². The summed E-state index contributed by atoms with van der Waals surface area (Å²) in [5.41, 5.74) is 1.88. The minimum atomic E-state index is -0.642. The molecule has 0 spiro atoms. The first-order chi connectivity index (χ1) is 12.8. The molecular weight excluding hydrogens is 364 g/mol. The zero-order valence-electron chi connectivity index (χ0n) is 15.8. The van der Waals surface area contributed by atoms with Crippen molar-refractivity contribution in [2.24, 2.45) is 0 Å². The van der Waals surface area contributed by atoms with Crippen LogP contribution in [0.15, 0.2) is 29.1 Å². The van der Waals surface area contributed by atoms with Crippen LogP contribution in [-0.4, -0.2) is 22.5 Å². The second-order valence-corrected chi connectivity index (χ2v) is 7.66. The molecule has 0 aliphatic heterocycles. The maximum absolute atomic E-state index is 12.3. The van der Waals surface area contributed by atoms with Gasteiger partial charge in [-0.15, -0.1) is 11.3 Å². The summed E-state index contributed by atoms with van der Waals surface area (Å²) in [5, 5.41) is 0.603. The molecule has 0 aliphatic carbocycles. The van der Waals surface area contributed by atoms with Crippen molar-refractivity contribution in [3.63, 3.8) is 0 Å². The molecule has 2 aromatic heterocycles. The van der Waals surface area contributed by atoms with E-state index in [-0.39, 0.29) is 18.6 Å². The van der Waals surface area contributed by atoms with Gasteiger partial charge in [-0.3, -0.25) is 9.59 Å². The van der Waals surface area contributed by atoms with Gasteiger partial charge < -0.3 is 14.5 Å². The lowest BCUT2D eigenvalue weighted by Gasteiger charge is -2.13. The van der Waals surface area contributed by atoms with Gasteiger partial charge in [-0.25, -0.2) is 4.98 Å². The van der Waals surface area contributed by atoms with Crippen molar-refractivity contribution in [1.82, 2.24) is 9.97 Å². The third-order valence-corrected chi connectivity index (χ3v) is 5.45. The van der Waals surface area contributed by atoms with E-state index in [0.717, 1.165) is 16.0 Å². The molecule has 1 N–H and O–H groups in total. The van der Waals surface area contributed by atoms with Crippen molar-refractivity contribution < 1.29 is 14.3 Å². The Morgan fingerprint density at radius 1 is 1.22 bits per heavy atom. The largest absolute Gasteiger partial charge is 0.493 e. The number of thiophene rings is 1. The SMILES string of the molecule is Cc1ccc(OCCC(=O)O[C@H](C)c2nc3sc(C)c(C)c3c(=O)[nH]2)cc1. The fourth-order valence-electron chi connectivity index (χ4n) is 2.66. The summed E-state index contributed by atoms with van der Waals surface area (Å²) in [7, 11) is 0. The second-order valence-electron chi connectivity index (χ2n) is 6.46. The number of H-pyrrole nitrogens is 1. The number of carbonyl (C=O) groups excluding carboxylic acids is 1. The van der Waals surface area contributed by atoms with Gasteiger partial charge in [0.25, 0.3) is 5.56 Å². The van der Waals surface area contributed by atoms with E-state index in [4.69, 9.17) is 9.47 Å². The highest BCUT2D eigenvalue weighted by molar-refractivity contribution is 7.18. The molecule has 7 heteroatoms. The highest BCUT2D eigenvalue weighted by Crippen LogP contribution is 2.27. The Hall–Kier alpha value is -2.67. The van der Waals surface area contributed by atoms with Crippen LogP contribution in [0.1, 0.15) is 41.3 Å². The lowest BCUT2D eigenvalue weighted by atomic mass is 10.2. The standard InChI is InChI=1S/C20H22N2O4S/c1-11-5-7-15(8-6-11)25-10-9-16(23)26-13(3)18-21-19(24)17-12(2)14(4)27-20(17)22-18/h5-8,13H,9-10H2,1-4H3,(H,21,22,24)/t13-/m1/s1. The van der Waals surface area contributed by atoms with Crippen molar-refractivity contribution in [3.05, 3.63) is 56.4 Å². The predicted octanol–water partition coefficient (Wildman–Crippen LogP) is 3.98. The molecule has 3 rings (SSSR count). The molecule has 0 radical (unpaired) electrons. The van der Waals surface area contributed by atoms with Crippen molar-refractivity contribution in [1.29, 1.82) is 0 Å². The van der Waals surface area contributed by atoms with Crippen LogP contribution in [0.25, 0.3) is 10.2 Å². The molecule has 1 aromatic carbocycles. The molecule has 0 aliphatic rings. The number of fused-ring (bicyclic) bond motifs is 1. The number of hydrogen-bond acceptors (Lipinski definition) is 6. The first kappa shape index (κ1) is 19.1. The summed E-state index contributed by atoms with van der Waals surface area (Å²) in [4.78, 5) is 33.3. The molecule has 6 nitrogen and oxygen atoms in total. The van der Waals surface area contributed by atoms with E-state index in [1.165, 1.54) is 11.3 Å². The zero-order valence-corrected chi connectivity index (χ0v) is 16.6. The third-order valence-electron chi connectivity index (χ3n) is 4.35. The quantitative estimate of drug-likeness (QED) is 0.648. The Morgan fingerprint density at radius 2 is 1.93 bits per heavy atom. The van der Waals surface area contributed by atoms with Gasteiger partial charge in [0.15, 0.2) is 11.9 Å². The Morgan fingerprint density at radius 3 is 2.63 bits per heavy atom. The number of carbonyl (C=O) groups is 1. The average Bonchev–Trinajstić information content (AvgIpc) is 2.91. The normalized spacial score (nSPS) is 12.1. The van der Waals surface area contributed by atoms with Gasteiger partial charge in [-0.2, -0.15) is 0 Å². The number of ether oxygens (including phenoxy) is 2. The van der Waals surface area contributed by atoms with E-state index < -0.39 is 12.1 Å². The Labute approximate surface area is 161 Å². The molecule has 0 saturated heterocycles. The van der Waals surface area contributed by atoms with E-state index in [1.54, 1.807) is 6.92 Å². The lowest BCUT2D eigenvalue weighted by Crippen LogP contribution is -2.18. The van der Waals surface area contributed by atoms with E-state index in [9.17, 15) is 9.59 Å². The maximum Gasteiger partial charge on any atom is 0.309 e. The van der Waals surface area contributed by atoms with E-state index in [2.05, 4.69) is 9.97 Å². The molecule has 0 fully saturated rings. The van der Waals surface area contributed by atoms with Crippen LogP contribution in [0.3, 0.4) is 0 Å². The molecule has 3 aromatic rings. The van der Waals surface area contributed by atoms with Crippen molar-refractivity contribution >= 4 is 27.5 Å². The van der Waals surface area contributed by atoms with Crippen molar-refractivity contribution in [2.75, 3.05) is 6.61 Å². The zero-order chi connectivity index (χ0) is 19.6. The van der Waals surface area contributed by atoms with E-state index in [0.29, 0.717) is 21.8 Å². The Bertz CT molecular complexity index is 1020. The van der Waals surface area contributed by atoms with E-state index >= 15 is 0 Å². The third kappa shape index (κ3) is 4.36. The summed E-state index contributed by atoms with van der Waals surface area (Å²) < 4.78 is 10.9. The van der Waals surface area contributed by atoms with Crippen molar-refractivity contribution in [3.8, 4) is 5.75 Å². The molecule has 0 amide bonds. The number of benzene rings is 1. The summed E-state index contributed by atoms with van der Waals surface area (Å²) in [6, 6.07) is 7.61. The molecule has 27 heavy (non-hydrogen) atoms. The Balaban J connectivity index is 1.60. The highest BCUT2D eigenvalue weighted by Gasteiger charge is 2.18. The summed E-state index contributed by atoms with van der Waals surface area (Å²) in [6.45, 7) is 7.77. The summed E-state index contributed by atoms with van der Waals surface area (Å²) >= 11 is 1.46. The lowest BCUT2D eigenvalue weighted by molar-refractivity contribution is -0.149. The molecule has 0 saturated carbocycles. The van der Waals surface area contributed by atoms with Crippen LogP contribution in [0.2, 0.25) is 0 Å². The van der Waals surface area contributed by atoms with Gasteiger partial charge in [-0.05, 0) is 45.4 Å². The number of hydrogen-bond donors (Lipinski definition) is 1. The predicted molar refractivity (Wildman–Crippen MR) is 106 cm³/mol. The van der Waals surface area contributed by atoms with Crippen LogP contribution >= 0.6 is 11.3 Å². The van der Waals surface area contributed by atoms with Gasteiger partial charge in [-0.1, -0.05) is 17.7 Å². The molecule has 0 bridgehead atoms. The number of nitrogens with one attached hydrogen (secondary N) is 1. The number of aryl methyl sites for hydroxylation is 3. The number of aromatic amines is 1. The fraction of sp³-hybridized carbons (Fsp3) is 0.350. The minimum Gasteiger partial charge on any atom is -0.493 e. The number of esters is 1. The van der Waals surface area contributed by atoms with Crippen LogP contribution in [0, 0.1) is 20.8 Å².